The predicted molar refractivity (Wildman–Crippen MR) is 56.4 cm³/mol. The number of nitrogens with zero attached hydrogens (tertiary/aromatic N) is 1. The van der Waals surface area contributed by atoms with Crippen molar-refractivity contribution in [1.29, 1.82) is 0 Å². The summed E-state index contributed by atoms with van der Waals surface area (Å²) in [7, 11) is 0. The van der Waals surface area contributed by atoms with Crippen molar-refractivity contribution < 1.29 is 19.2 Å². The van der Waals surface area contributed by atoms with E-state index in [-0.39, 0.29) is 0 Å². The molecule has 0 aliphatic heterocycles. The van der Waals surface area contributed by atoms with E-state index in [1.807, 2.05) is 0 Å². The Kier molecular flexibility index (Phi) is 5.07. The van der Waals surface area contributed by atoms with Crippen molar-refractivity contribution >= 4 is 12.3 Å². The van der Waals surface area contributed by atoms with E-state index in [0.29, 0.717) is 6.29 Å². The number of esters is 1. The Hall–Kier alpha value is -1.46. The van der Waals surface area contributed by atoms with E-state index in [9.17, 15) is 19.7 Å². The summed E-state index contributed by atoms with van der Waals surface area (Å²) in [6.07, 6.45) is 0.526. The molecule has 0 bridgehead atoms. The topological polar surface area (TPSA) is 86.5 Å². The second-order valence-corrected chi connectivity index (χ2v) is 4.65. The van der Waals surface area contributed by atoms with Crippen molar-refractivity contribution in [3.8, 4) is 0 Å². The molecule has 0 aromatic carbocycles. The first-order valence-electron chi connectivity index (χ1n) is 4.97. The van der Waals surface area contributed by atoms with Gasteiger partial charge in [0.25, 0.3) is 0 Å². The molecule has 0 aliphatic rings. The molecule has 0 rings (SSSR count). The molecule has 0 fully saturated rings. The summed E-state index contributed by atoms with van der Waals surface area (Å²) >= 11 is 0. The van der Waals surface area contributed by atoms with Crippen LogP contribution >= 0.6 is 0 Å². The first-order chi connectivity index (χ1) is 7.17. The van der Waals surface area contributed by atoms with E-state index in [0.717, 1.165) is 0 Å². The number of rotatable bonds is 5. The van der Waals surface area contributed by atoms with Gasteiger partial charge in [0.2, 0.25) is 6.54 Å². The molecule has 0 aromatic heterocycles. The van der Waals surface area contributed by atoms with Crippen molar-refractivity contribution in [2.75, 3.05) is 6.54 Å². The molecule has 6 nitrogen and oxygen atoms in total. The van der Waals surface area contributed by atoms with Crippen LogP contribution in [0, 0.1) is 22.0 Å². The Labute approximate surface area is 94.1 Å². The van der Waals surface area contributed by atoms with Gasteiger partial charge in [-0.1, -0.05) is 6.92 Å². The molecule has 0 heterocycles. The Morgan fingerprint density at radius 2 is 2.00 bits per heavy atom. The van der Waals surface area contributed by atoms with E-state index in [1.54, 1.807) is 20.8 Å². The summed E-state index contributed by atoms with van der Waals surface area (Å²) in [5.74, 6) is -2.45. The van der Waals surface area contributed by atoms with Gasteiger partial charge in [0.15, 0.2) is 0 Å². The Morgan fingerprint density at radius 3 is 2.31 bits per heavy atom. The van der Waals surface area contributed by atoms with Gasteiger partial charge in [0, 0.05) is 10.8 Å². The molecule has 92 valence electrons. The minimum absolute atomic E-state index is 0.526. The number of carbonyl (C=O) groups excluding carboxylic acids is 2. The Morgan fingerprint density at radius 1 is 1.50 bits per heavy atom. The second kappa shape index (κ2) is 5.58. The average Bonchev–Trinajstić information content (AvgIpc) is 2.09. The summed E-state index contributed by atoms with van der Waals surface area (Å²) in [4.78, 5) is 31.9. The zero-order valence-corrected chi connectivity index (χ0v) is 9.93. The van der Waals surface area contributed by atoms with E-state index in [4.69, 9.17) is 4.74 Å². The quantitative estimate of drug-likeness (QED) is 0.305. The maximum Gasteiger partial charge on any atom is 0.316 e. The molecular weight excluding hydrogens is 214 g/mol. The third-order valence-corrected chi connectivity index (χ3v) is 1.90. The fourth-order valence-corrected chi connectivity index (χ4v) is 1.09. The first kappa shape index (κ1) is 14.5. The Bertz CT molecular complexity index is 281. The molecule has 0 aromatic rings. The van der Waals surface area contributed by atoms with E-state index in [1.165, 1.54) is 6.92 Å². The van der Waals surface area contributed by atoms with Crippen LogP contribution in [0.3, 0.4) is 0 Å². The fraction of sp³-hybridized carbons (Fsp3) is 0.800. The Balaban J connectivity index is 4.69. The monoisotopic (exact) mass is 231 g/mol. The lowest BCUT2D eigenvalue weighted by Crippen LogP contribution is -2.36. The highest BCUT2D eigenvalue weighted by Gasteiger charge is 2.33. The van der Waals surface area contributed by atoms with Gasteiger partial charge in [0.05, 0.1) is 0 Å². The van der Waals surface area contributed by atoms with Crippen LogP contribution in [0.1, 0.15) is 27.7 Å². The van der Waals surface area contributed by atoms with Crippen LogP contribution in [-0.2, 0) is 14.3 Å². The van der Waals surface area contributed by atoms with Crippen LogP contribution in [0.5, 0.6) is 0 Å². The summed E-state index contributed by atoms with van der Waals surface area (Å²) in [5.41, 5.74) is -0.714. The molecule has 0 saturated heterocycles. The molecule has 6 heteroatoms. The van der Waals surface area contributed by atoms with E-state index in [2.05, 4.69) is 0 Å². The lowest BCUT2D eigenvalue weighted by atomic mass is 9.95. The van der Waals surface area contributed by atoms with E-state index >= 15 is 0 Å². The molecule has 0 unspecified atom stereocenters. The maximum atomic E-state index is 11.6. The van der Waals surface area contributed by atoms with Gasteiger partial charge in [-0.25, -0.2) is 0 Å². The van der Waals surface area contributed by atoms with Gasteiger partial charge in [-0.2, -0.15) is 0 Å². The van der Waals surface area contributed by atoms with Gasteiger partial charge < -0.3 is 9.53 Å². The van der Waals surface area contributed by atoms with Gasteiger partial charge in [-0.3, -0.25) is 14.9 Å². The molecule has 0 aliphatic carbocycles. The number of hydrogen-bond acceptors (Lipinski definition) is 5. The number of aldehydes is 1. The van der Waals surface area contributed by atoms with Crippen molar-refractivity contribution in [2.45, 2.75) is 33.3 Å². The van der Waals surface area contributed by atoms with Crippen LogP contribution in [-0.4, -0.2) is 29.3 Å². The molecule has 0 spiro atoms. The number of nitro groups is 1. The molecule has 16 heavy (non-hydrogen) atoms. The third kappa shape index (κ3) is 5.43. The highest BCUT2D eigenvalue weighted by molar-refractivity contribution is 5.77. The highest BCUT2D eigenvalue weighted by atomic mass is 16.6. The van der Waals surface area contributed by atoms with Gasteiger partial charge in [-0.05, 0) is 20.8 Å². The minimum Gasteiger partial charge on any atom is -0.460 e. The number of hydrogen-bond donors (Lipinski definition) is 0. The average molecular weight is 231 g/mol. The van der Waals surface area contributed by atoms with Gasteiger partial charge >= 0.3 is 5.97 Å². The maximum absolute atomic E-state index is 11.6. The van der Waals surface area contributed by atoms with Crippen molar-refractivity contribution in [2.24, 2.45) is 11.8 Å². The van der Waals surface area contributed by atoms with Gasteiger partial charge in [-0.15, -0.1) is 0 Å². The standard InChI is InChI=1S/C10H17NO5/c1-7(6-12)8(5-11(14)15)9(13)16-10(2,3)4/h6-8H,5H2,1-4H3/t7-,8-/m0/s1. The zero-order chi connectivity index (χ0) is 12.9. The molecule has 0 radical (unpaired) electrons. The fourth-order valence-electron chi connectivity index (χ4n) is 1.09. The number of carbonyl (C=O) groups is 2. The molecule has 0 saturated carbocycles. The lowest BCUT2D eigenvalue weighted by Gasteiger charge is -2.23. The predicted octanol–water partition coefficient (Wildman–Crippen LogP) is 1.06. The first-order valence-corrected chi connectivity index (χ1v) is 4.97. The summed E-state index contributed by atoms with van der Waals surface area (Å²) in [6, 6.07) is 0. The molecule has 0 N–H and O–H groups in total. The summed E-state index contributed by atoms with van der Waals surface area (Å²) in [6.45, 7) is 5.87. The van der Waals surface area contributed by atoms with Crippen LogP contribution in [0.15, 0.2) is 0 Å². The molecule has 2 atom stereocenters. The van der Waals surface area contributed by atoms with Crippen LogP contribution in [0.4, 0.5) is 0 Å². The molecular formula is C10H17NO5. The van der Waals surface area contributed by atoms with E-state index < -0.39 is 34.9 Å². The SMILES string of the molecule is C[C@@H](C=O)[C@H](C[N+](=O)[O-])C(=O)OC(C)(C)C. The number of ether oxygens (including phenoxy) is 1. The normalized spacial score (nSPS) is 15.0. The van der Waals surface area contributed by atoms with Crippen molar-refractivity contribution in [3.05, 3.63) is 10.1 Å². The molecule has 0 amide bonds. The zero-order valence-electron chi connectivity index (χ0n) is 9.93. The lowest BCUT2D eigenvalue weighted by molar-refractivity contribution is -0.487. The van der Waals surface area contributed by atoms with Crippen molar-refractivity contribution in [1.82, 2.24) is 0 Å². The smallest absolute Gasteiger partial charge is 0.316 e. The second-order valence-electron chi connectivity index (χ2n) is 4.65. The van der Waals surface area contributed by atoms with Crippen LogP contribution in [0.2, 0.25) is 0 Å². The van der Waals surface area contributed by atoms with Crippen molar-refractivity contribution in [3.63, 3.8) is 0 Å². The third-order valence-electron chi connectivity index (χ3n) is 1.90. The summed E-state index contributed by atoms with van der Waals surface area (Å²) in [5, 5.41) is 10.4. The minimum atomic E-state index is -1.02. The largest absolute Gasteiger partial charge is 0.460 e. The summed E-state index contributed by atoms with van der Waals surface area (Å²) < 4.78 is 5.02. The van der Waals surface area contributed by atoms with Crippen LogP contribution < -0.4 is 0 Å². The van der Waals surface area contributed by atoms with Gasteiger partial charge in [0.1, 0.15) is 17.8 Å². The highest BCUT2D eigenvalue weighted by Crippen LogP contribution is 2.17. The van der Waals surface area contributed by atoms with Crippen LogP contribution in [0.25, 0.3) is 0 Å².